The van der Waals surface area contributed by atoms with Gasteiger partial charge in [-0.2, -0.15) is 0 Å². The van der Waals surface area contributed by atoms with Gasteiger partial charge in [0.15, 0.2) is 0 Å². The molecule has 0 bridgehead atoms. The predicted molar refractivity (Wildman–Crippen MR) is 35.9 cm³/mol. The molecule has 0 aliphatic carbocycles. The Kier molecular flexibility index (Phi) is 2.65. The van der Waals surface area contributed by atoms with E-state index in [2.05, 4.69) is 10.3 Å². The summed E-state index contributed by atoms with van der Waals surface area (Å²) in [6.45, 7) is 0. The Morgan fingerprint density at radius 2 is 1.20 bits per heavy atom. The first kappa shape index (κ1) is 10.1. The summed E-state index contributed by atoms with van der Waals surface area (Å²) in [5.74, 6) is 0. The number of rotatable bonds is 2. The van der Waals surface area contributed by atoms with Crippen molar-refractivity contribution in [3.05, 3.63) is 0 Å². The van der Waals surface area contributed by atoms with Crippen molar-refractivity contribution in [1.82, 2.24) is 0 Å². The molecular formula is CH5ClN2O4S2. The molecule has 4 N–H and O–H groups in total. The normalized spacial score (nSPS) is 14.0. The Morgan fingerprint density at radius 1 is 1.00 bits per heavy atom. The first-order valence-electron chi connectivity index (χ1n) is 1.83. The summed E-state index contributed by atoms with van der Waals surface area (Å²) in [6.07, 6.45) is 0. The van der Waals surface area contributed by atoms with Gasteiger partial charge in [-0.15, -0.1) is 0 Å². The van der Waals surface area contributed by atoms with E-state index in [4.69, 9.17) is 11.6 Å². The molecule has 0 radical (unpaired) electrons. The molecule has 0 aromatic rings. The fraction of sp³-hybridized carbons (Fsp3) is 1.00. The molecule has 0 rings (SSSR count). The van der Waals surface area contributed by atoms with Gasteiger partial charge in [-0.3, -0.25) is 0 Å². The van der Waals surface area contributed by atoms with Crippen LogP contribution in [0.4, 0.5) is 0 Å². The summed E-state index contributed by atoms with van der Waals surface area (Å²) in [5, 5.41) is 8.69. The molecule has 6 nitrogen and oxygen atoms in total. The zero-order valence-corrected chi connectivity index (χ0v) is 6.95. The molecule has 9 heteroatoms. The molecule has 0 spiro atoms. The third-order valence-electron chi connectivity index (χ3n) is 0.517. The van der Waals surface area contributed by atoms with Crippen LogP contribution < -0.4 is 10.3 Å². The second kappa shape index (κ2) is 2.62. The van der Waals surface area contributed by atoms with Crippen molar-refractivity contribution in [2.24, 2.45) is 10.3 Å². The van der Waals surface area contributed by atoms with Crippen LogP contribution in [0, 0.1) is 0 Å². The highest BCUT2D eigenvalue weighted by atomic mass is 35.5. The van der Waals surface area contributed by atoms with Gasteiger partial charge in [-0.05, 0) is 0 Å². The highest BCUT2D eigenvalue weighted by Crippen LogP contribution is 2.06. The number of nitrogens with two attached hydrogens (primary N) is 2. The molecule has 0 saturated carbocycles. The summed E-state index contributed by atoms with van der Waals surface area (Å²) in [6, 6.07) is 0. The van der Waals surface area contributed by atoms with Gasteiger partial charge in [0, 0.05) is 0 Å². The number of primary sulfonamides is 2. The third kappa shape index (κ3) is 2.80. The highest BCUT2D eigenvalue weighted by Gasteiger charge is 2.29. The van der Waals surface area contributed by atoms with Crippen LogP contribution in [-0.4, -0.2) is 20.9 Å². The van der Waals surface area contributed by atoms with Gasteiger partial charge in [-0.25, -0.2) is 27.1 Å². The van der Waals surface area contributed by atoms with E-state index in [9.17, 15) is 16.8 Å². The Hall–Kier alpha value is 0.110. The molecule has 0 unspecified atom stereocenters. The van der Waals surface area contributed by atoms with E-state index in [0.717, 1.165) is 0 Å². The van der Waals surface area contributed by atoms with Crippen LogP contribution in [0.25, 0.3) is 0 Å². The second-order valence-electron chi connectivity index (χ2n) is 1.45. The summed E-state index contributed by atoms with van der Waals surface area (Å²) in [7, 11) is -8.62. The van der Waals surface area contributed by atoms with E-state index in [1.807, 2.05) is 0 Å². The van der Waals surface area contributed by atoms with Gasteiger partial charge < -0.3 is 0 Å². The van der Waals surface area contributed by atoms with Gasteiger partial charge in [0.1, 0.15) is 0 Å². The van der Waals surface area contributed by atoms with E-state index < -0.39 is 24.1 Å². The largest absolute Gasteiger partial charge is 0.262 e. The molecule has 0 atom stereocenters. The molecule has 0 aromatic carbocycles. The minimum atomic E-state index is -4.31. The van der Waals surface area contributed by atoms with Crippen molar-refractivity contribution in [3.63, 3.8) is 0 Å². The van der Waals surface area contributed by atoms with Crippen molar-refractivity contribution >= 4 is 31.6 Å². The van der Waals surface area contributed by atoms with Crippen LogP contribution in [0.5, 0.6) is 0 Å². The standard InChI is InChI=1S/CH5ClN2O4S2/c2-1(9(3,5)6)10(4,7)8/h1H,(H2,3,5,6)(H2,4,7,8). The van der Waals surface area contributed by atoms with E-state index in [1.165, 1.54) is 0 Å². The molecule has 62 valence electrons. The molecule has 0 saturated heterocycles. The van der Waals surface area contributed by atoms with Crippen LogP contribution >= 0.6 is 11.6 Å². The van der Waals surface area contributed by atoms with Gasteiger partial charge in [0.05, 0.1) is 0 Å². The number of hydrogen-bond acceptors (Lipinski definition) is 4. The maximum atomic E-state index is 10.2. The summed E-state index contributed by atoms with van der Waals surface area (Å²) < 4.78 is 38.4. The second-order valence-corrected chi connectivity index (χ2v) is 6.00. The Labute approximate surface area is 63.2 Å². The van der Waals surface area contributed by atoms with Crippen molar-refractivity contribution in [2.75, 3.05) is 0 Å². The smallest absolute Gasteiger partial charge is 0.226 e. The summed E-state index contributed by atoms with van der Waals surface area (Å²) >= 11 is 4.81. The zero-order chi connectivity index (χ0) is 8.58. The average Bonchev–Trinajstić information content (AvgIpc) is 1.59. The number of hydrogen-bond donors (Lipinski definition) is 2. The summed E-state index contributed by atoms with van der Waals surface area (Å²) in [4.78, 5) is 0. The molecular weight excluding hydrogens is 204 g/mol. The van der Waals surface area contributed by atoms with Crippen LogP contribution in [0.1, 0.15) is 0 Å². The monoisotopic (exact) mass is 208 g/mol. The van der Waals surface area contributed by atoms with Gasteiger partial charge >= 0.3 is 0 Å². The zero-order valence-electron chi connectivity index (χ0n) is 4.56. The van der Waals surface area contributed by atoms with Gasteiger partial charge in [0.2, 0.25) is 20.0 Å². The van der Waals surface area contributed by atoms with Gasteiger partial charge in [-0.1, -0.05) is 11.6 Å². The van der Waals surface area contributed by atoms with E-state index >= 15 is 0 Å². The Morgan fingerprint density at radius 3 is 1.20 bits per heavy atom. The van der Waals surface area contributed by atoms with E-state index in [-0.39, 0.29) is 0 Å². The fourth-order valence-corrected chi connectivity index (χ4v) is 1.68. The van der Waals surface area contributed by atoms with E-state index in [1.54, 1.807) is 0 Å². The maximum Gasteiger partial charge on any atom is 0.262 e. The van der Waals surface area contributed by atoms with Gasteiger partial charge in [0.25, 0.3) is 4.04 Å². The topological polar surface area (TPSA) is 120 Å². The summed E-state index contributed by atoms with van der Waals surface area (Å²) in [5.41, 5.74) is 0. The number of sulfonamides is 2. The highest BCUT2D eigenvalue weighted by molar-refractivity contribution is 8.08. The first-order valence-corrected chi connectivity index (χ1v) is 5.48. The van der Waals surface area contributed by atoms with Crippen LogP contribution in [0.3, 0.4) is 0 Å². The lowest BCUT2D eigenvalue weighted by molar-refractivity contribution is 0.587. The molecule has 10 heavy (non-hydrogen) atoms. The number of halogens is 1. The SMILES string of the molecule is NS(=O)(=O)C(Cl)S(N)(=O)=O. The fourth-order valence-electron chi connectivity index (χ4n) is 0.187. The molecule has 0 aromatic heterocycles. The lowest BCUT2D eigenvalue weighted by atomic mass is 11.9. The quantitative estimate of drug-likeness (QED) is 0.514. The van der Waals surface area contributed by atoms with Crippen molar-refractivity contribution in [2.45, 2.75) is 4.04 Å². The Bertz CT molecular complexity index is 270. The van der Waals surface area contributed by atoms with Crippen molar-refractivity contribution < 1.29 is 16.8 Å². The molecule has 0 heterocycles. The molecule has 0 aliphatic rings. The maximum absolute atomic E-state index is 10.2. The van der Waals surface area contributed by atoms with Crippen molar-refractivity contribution in [1.29, 1.82) is 0 Å². The van der Waals surface area contributed by atoms with Crippen LogP contribution in [-0.2, 0) is 20.0 Å². The molecule has 0 aliphatic heterocycles. The lowest BCUT2D eigenvalue weighted by Gasteiger charge is -2.01. The minimum Gasteiger partial charge on any atom is -0.226 e. The first-order chi connectivity index (χ1) is 4.15. The van der Waals surface area contributed by atoms with Crippen molar-refractivity contribution in [3.8, 4) is 0 Å². The molecule has 0 fully saturated rings. The number of alkyl halides is 1. The van der Waals surface area contributed by atoms with Crippen LogP contribution in [0.15, 0.2) is 0 Å². The van der Waals surface area contributed by atoms with E-state index in [0.29, 0.717) is 0 Å². The van der Waals surface area contributed by atoms with Crippen LogP contribution in [0.2, 0.25) is 0 Å². The Balaban J connectivity index is 4.94. The molecule has 0 amide bonds. The predicted octanol–water partition coefficient (Wildman–Crippen LogP) is -1.91. The third-order valence-corrected chi connectivity index (χ3v) is 4.65. The lowest BCUT2D eigenvalue weighted by Crippen LogP contribution is -2.35. The average molecular weight is 209 g/mol. The minimum absolute atomic E-state index is 2.26.